The largest absolute Gasteiger partial charge is 0.467 e. The molecule has 0 bridgehead atoms. The fourth-order valence-electron chi connectivity index (χ4n) is 2.64. The van der Waals surface area contributed by atoms with Crippen molar-refractivity contribution >= 4 is 22.8 Å². The van der Waals surface area contributed by atoms with E-state index in [0.717, 1.165) is 5.56 Å². The number of esters is 1. The first-order chi connectivity index (χ1) is 12.6. The van der Waals surface area contributed by atoms with Crippen molar-refractivity contribution in [3.63, 3.8) is 0 Å². The number of hydrogen-bond donors (Lipinski definition) is 1. The molecule has 1 N–H and O–H groups in total. The van der Waals surface area contributed by atoms with Gasteiger partial charge in [0.1, 0.15) is 17.2 Å². The van der Waals surface area contributed by atoms with Crippen LogP contribution >= 0.6 is 0 Å². The zero-order valence-corrected chi connectivity index (χ0v) is 14.1. The first-order valence-electron chi connectivity index (χ1n) is 8.04. The zero-order valence-electron chi connectivity index (χ0n) is 14.1. The molecule has 1 aromatic heterocycles. The van der Waals surface area contributed by atoms with E-state index in [1.165, 1.54) is 13.2 Å². The van der Waals surface area contributed by atoms with Crippen LogP contribution in [0.5, 0.6) is 0 Å². The van der Waals surface area contributed by atoms with Gasteiger partial charge in [-0.1, -0.05) is 48.5 Å². The third-order valence-electron chi connectivity index (χ3n) is 3.96. The first kappa shape index (κ1) is 17.4. The second-order valence-corrected chi connectivity index (χ2v) is 5.72. The Morgan fingerprint density at radius 2 is 1.77 bits per heavy atom. The number of para-hydroxylation sites is 1. The SMILES string of the molecule is COC(=O)[C@H](Cc1ccccc1)NC(=O)c1cc2ccccc2oc1=O. The van der Waals surface area contributed by atoms with Crippen molar-refractivity contribution in [1.29, 1.82) is 0 Å². The van der Waals surface area contributed by atoms with Crippen molar-refractivity contribution in [1.82, 2.24) is 5.32 Å². The Hall–Kier alpha value is -3.41. The summed E-state index contributed by atoms with van der Waals surface area (Å²) in [6.07, 6.45) is 0.248. The lowest BCUT2D eigenvalue weighted by molar-refractivity contribution is -0.142. The molecule has 0 saturated heterocycles. The van der Waals surface area contributed by atoms with Crippen LogP contribution in [0.4, 0.5) is 0 Å². The summed E-state index contributed by atoms with van der Waals surface area (Å²) in [6, 6.07) is 16.6. The van der Waals surface area contributed by atoms with Crippen LogP contribution in [0.1, 0.15) is 15.9 Å². The van der Waals surface area contributed by atoms with Crippen LogP contribution in [0.25, 0.3) is 11.0 Å². The molecule has 0 spiro atoms. The van der Waals surface area contributed by atoms with Gasteiger partial charge in [0.15, 0.2) is 0 Å². The van der Waals surface area contributed by atoms with Gasteiger partial charge in [0, 0.05) is 11.8 Å². The number of fused-ring (bicyclic) bond motifs is 1. The predicted octanol–water partition coefficient (Wildman–Crippen LogP) is 2.31. The number of amides is 1. The summed E-state index contributed by atoms with van der Waals surface area (Å²) >= 11 is 0. The molecule has 0 aliphatic heterocycles. The molecule has 0 saturated carbocycles. The van der Waals surface area contributed by atoms with Crippen molar-refractivity contribution in [2.45, 2.75) is 12.5 Å². The van der Waals surface area contributed by atoms with E-state index in [2.05, 4.69) is 5.32 Å². The molecule has 6 heteroatoms. The Kier molecular flexibility index (Phi) is 5.12. The van der Waals surface area contributed by atoms with Gasteiger partial charge in [0.05, 0.1) is 7.11 Å². The molecule has 26 heavy (non-hydrogen) atoms. The normalized spacial score (nSPS) is 11.7. The van der Waals surface area contributed by atoms with Crippen molar-refractivity contribution in [3.05, 3.63) is 82.2 Å². The van der Waals surface area contributed by atoms with E-state index in [1.54, 1.807) is 24.3 Å². The van der Waals surface area contributed by atoms with Crippen molar-refractivity contribution < 1.29 is 18.7 Å². The average Bonchev–Trinajstić information content (AvgIpc) is 2.67. The van der Waals surface area contributed by atoms with Crippen molar-refractivity contribution in [2.24, 2.45) is 0 Å². The van der Waals surface area contributed by atoms with Gasteiger partial charge in [-0.2, -0.15) is 0 Å². The van der Waals surface area contributed by atoms with Crippen molar-refractivity contribution in [3.8, 4) is 0 Å². The number of ether oxygens (including phenoxy) is 1. The molecule has 0 unspecified atom stereocenters. The van der Waals surface area contributed by atoms with Gasteiger partial charge in [-0.25, -0.2) is 9.59 Å². The molecule has 0 aliphatic rings. The Bertz CT molecular complexity index is 994. The third kappa shape index (κ3) is 3.80. The summed E-state index contributed by atoms with van der Waals surface area (Å²) in [7, 11) is 1.25. The molecule has 132 valence electrons. The van der Waals surface area contributed by atoms with E-state index >= 15 is 0 Å². The summed E-state index contributed by atoms with van der Waals surface area (Å²) < 4.78 is 9.93. The molecule has 1 atom stereocenters. The number of methoxy groups -OCH3 is 1. The van der Waals surface area contributed by atoms with Gasteiger partial charge in [-0.3, -0.25) is 4.79 Å². The predicted molar refractivity (Wildman–Crippen MR) is 95.9 cm³/mol. The lowest BCUT2D eigenvalue weighted by Gasteiger charge is -2.16. The number of rotatable bonds is 5. The minimum atomic E-state index is -0.916. The molecule has 0 aliphatic carbocycles. The monoisotopic (exact) mass is 351 g/mol. The highest BCUT2D eigenvalue weighted by Gasteiger charge is 2.24. The van der Waals surface area contributed by atoms with Crippen LogP contribution in [0, 0.1) is 0 Å². The Labute approximate surface area is 149 Å². The maximum Gasteiger partial charge on any atom is 0.349 e. The topological polar surface area (TPSA) is 85.6 Å². The van der Waals surface area contributed by atoms with E-state index in [1.807, 2.05) is 30.3 Å². The Balaban J connectivity index is 1.86. The fraction of sp³-hybridized carbons (Fsp3) is 0.150. The maximum atomic E-state index is 12.6. The number of nitrogens with one attached hydrogen (secondary N) is 1. The summed E-state index contributed by atoms with van der Waals surface area (Å²) in [5.41, 5.74) is 0.326. The lowest BCUT2D eigenvalue weighted by atomic mass is 10.1. The maximum absolute atomic E-state index is 12.6. The smallest absolute Gasteiger partial charge is 0.349 e. The number of benzene rings is 2. The molecule has 3 rings (SSSR count). The van der Waals surface area contributed by atoms with Crippen LogP contribution in [-0.4, -0.2) is 25.0 Å². The molecular formula is C20H17NO5. The van der Waals surface area contributed by atoms with Gasteiger partial charge in [0.25, 0.3) is 5.91 Å². The number of hydrogen-bond acceptors (Lipinski definition) is 5. The highest BCUT2D eigenvalue weighted by atomic mass is 16.5. The Morgan fingerprint density at radius 3 is 2.50 bits per heavy atom. The summed E-state index contributed by atoms with van der Waals surface area (Å²) in [6.45, 7) is 0. The van der Waals surface area contributed by atoms with E-state index in [0.29, 0.717) is 11.0 Å². The first-order valence-corrected chi connectivity index (χ1v) is 8.04. The minimum absolute atomic E-state index is 0.161. The summed E-state index contributed by atoms with van der Waals surface area (Å²) in [4.78, 5) is 36.7. The quantitative estimate of drug-likeness (QED) is 0.563. The lowest BCUT2D eigenvalue weighted by Crippen LogP contribution is -2.44. The molecule has 0 fully saturated rings. The van der Waals surface area contributed by atoms with Gasteiger partial charge >= 0.3 is 11.6 Å². The van der Waals surface area contributed by atoms with Crippen LogP contribution in [0.3, 0.4) is 0 Å². The second-order valence-electron chi connectivity index (χ2n) is 5.72. The van der Waals surface area contributed by atoms with Gasteiger partial charge in [-0.15, -0.1) is 0 Å². The summed E-state index contributed by atoms with van der Waals surface area (Å²) in [5, 5.41) is 3.18. The van der Waals surface area contributed by atoms with Crippen LogP contribution in [-0.2, 0) is 16.0 Å². The second kappa shape index (κ2) is 7.65. The Morgan fingerprint density at radius 1 is 1.08 bits per heavy atom. The number of carbonyl (C=O) groups is 2. The molecular weight excluding hydrogens is 334 g/mol. The fourth-order valence-corrected chi connectivity index (χ4v) is 2.64. The summed E-state index contributed by atoms with van der Waals surface area (Å²) in [5.74, 6) is -1.27. The van der Waals surface area contributed by atoms with Crippen LogP contribution in [0.15, 0.2) is 69.9 Å². The van der Waals surface area contributed by atoms with E-state index < -0.39 is 23.5 Å². The molecule has 0 radical (unpaired) electrons. The zero-order chi connectivity index (χ0) is 18.5. The van der Waals surface area contributed by atoms with E-state index in [-0.39, 0.29) is 12.0 Å². The van der Waals surface area contributed by atoms with Crippen molar-refractivity contribution in [2.75, 3.05) is 7.11 Å². The molecule has 6 nitrogen and oxygen atoms in total. The van der Waals surface area contributed by atoms with Gasteiger partial charge < -0.3 is 14.5 Å². The minimum Gasteiger partial charge on any atom is -0.467 e. The molecule has 2 aromatic carbocycles. The third-order valence-corrected chi connectivity index (χ3v) is 3.96. The molecule has 1 heterocycles. The standard InChI is InChI=1S/C20H17NO5/c1-25-20(24)16(11-13-7-3-2-4-8-13)21-18(22)15-12-14-9-5-6-10-17(14)26-19(15)23/h2-10,12,16H,11H2,1H3,(H,21,22)/t16-/m0/s1. The molecule has 1 amide bonds. The van der Waals surface area contributed by atoms with Crippen LogP contribution < -0.4 is 10.9 Å². The highest BCUT2D eigenvalue weighted by Crippen LogP contribution is 2.13. The molecule has 3 aromatic rings. The highest BCUT2D eigenvalue weighted by molar-refractivity contribution is 5.98. The van der Waals surface area contributed by atoms with Gasteiger partial charge in [-0.05, 0) is 17.7 Å². The van der Waals surface area contributed by atoms with Gasteiger partial charge in [0.2, 0.25) is 0 Å². The van der Waals surface area contributed by atoms with E-state index in [9.17, 15) is 14.4 Å². The van der Waals surface area contributed by atoms with Crippen LogP contribution in [0.2, 0.25) is 0 Å². The average molecular weight is 351 g/mol. The number of carbonyl (C=O) groups excluding carboxylic acids is 2. The van der Waals surface area contributed by atoms with E-state index in [4.69, 9.17) is 9.15 Å².